The summed E-state index contributed by atoms with van der Waals surface area (Å²) in [6.45, 7) is 5.92. The predicted octanol–water partition coefficient (Wildman–Crippen LogP) is 15.0. The number of aryl methyl sites for hydroxylation is 1. The monoisotopic (exact) mass is 794 g/mol. The van der Waals surface area contributed by atoms with Crippen molar-refractivity contribution in [1.29, 1.82) is 5.41 Å². The summed E-state index contributed by atoms with van der Waals surface area (Å²) in [5, 5.41) is 18.1. The van der Waals surface area contributed by atoms with Crippen LogP contribution in [0.4, 0.5) is 0 Å². The molecule has 0 spiro atoms. The molecule has 1 heterocycles. The fourth-order valence-corrected chi connectivity index (χ4v) is 8.73. The van der Waals surface area contributed by atoms with E-state index in [0.717, 1.165) is 44.1 Å². The van der Waals surface area contributed by atoms with E-state index in [1.165, 1.54) is 54.7 Å². The van der Waals surface area contributed by atoms with Crippen LogP contribution >= 0.6 is 0 Å². The highest BCUT2D eigenvalue weighted by Gasteiger charge is 2.18. The molecule has 0 saturated carbocycles. The first-order chi connectivity index (χ1) is 30.6. The molecule has 0 aliphatic carbocycles. The molecular weight excluding hydrogens is 753 g/mol. The zero-order chi connectivity index (χ0) is 42.0. The van der Waals surface area contributed by atoms with Crippen molar-refractivity contribution < 1.29 is 0 Å². The molecule has 11 rings (SSSR count). The van der Waals surface area contributed by atoms with Gasteiger partial charge in [0.1, 0.15) is 0 Å². The van der Waals surface area contributed by atoms with E-state index >= 15 is 0 Å². The molecule has 1 aromatic heterocycles. The molecule has 0 bridgehead atoms. The molecule has 0 saturated heterocycles. The Labute approximate surface area is 360 Å². The van der Waals surface area contributed by atoms with Gasteiger partial charge >= 0.3 is 0 Å². The van der Waals surface area contributed by atoms with Gasteiger partial charge in [-0.1, -0.05) is 194 Å². The number of nitrogens with zero attached hydrogens (tertiary/aromatic N) is 3. The molecule has 11 aromatic rings. The van der Waals surface area contributed by atoms with E-state index in [-0.39, 0.29) is 5.84 Å². The maximum atomic E-state index is 8.67. The van der Waals surface area contributed by atoms with E-state index in [1.807, 2.05) is 48.5 Å². The van der Waals surface area contributed by atoms with Crippen LogP contribution in [-0.2, 0) is 0 Å². The molecule has 294 valence electrons. The van der Waals surface area contributed by atoms with Crippen LogP contribution in [0, 0.1) is 12.3 Å². The number of rotatable bonds is 5. The van der Waals surface area contributed by atoms with E-state index in [2.05, 4.69) is 198 Å². The van der Waals surface area contributed by atoms with Gasteiger partial charge in [-0.05, 0) is 98.5 Å². The first kappa shape index (κ1) is 38.0. The summed E-state index contributed by atoms with van der Waals surface area (Å²) in [6, 6.07) is 76.4. The zero-order valence-corrected chi connectivity index (χ0v) is 34.3. The summed E-state index contributed by atoms with van der Waals surface area (Å²) >= 11 is 0. The Morgan fingerprint density at radius 1 is 0.435 bits per heavy atom. The minimum Gasteiger partial charge on any atom is -0.309 e. The number of aromatic nitrogens is 1. The molecule has 0 fully saturated rings. The fourth-order valence-electron chi connectivity index (χ4n) is 8.73. The van der Waals surface area contributed by atoms with Gasteiger partial charge in [0.2, 0.25) is 0 Å². The molecule has 62 heavy (non-hydrogen) atoms. The normalized spacial score (nSPS) is 11.5. The van der Waals surface area contributed by atoms with Gasteiger partial charge in [-0.25, -0.2) is 9.98 Å². The molecule has 0 aliphatic heterocycles. The van der Waals surface area contributed by atoms with Crippen LogP contribution < -0.4 is 0 Å². The summed E-state index contributed by atoms with van der Waals surface area (Å²) in [7, 11) is 0. The van der Waals surface area contributed by atoms with E-state index < -0.39 is 0 Å². The van der Waals surface area contributed by atoms with Crippen LogP contribution in [-0.4, -0.2) is 23.0 Å². The molecular formula is C58H42N4. The minimum absolute atomic E-state index is 0.147. The second-order valence-corrected chi connectivity index (χ2v) is 15.5. The van der Waals surface area contributed by atoms with Crippen molar-refractivity contribution in [2.75, 3.05) is 0 Å². The van der Waals surface area contributed by atoms with Crippen LogP contribution in [0.3, 0.4) is 0 Å². The summed E-state index contributed by atoms with van der Waals surface area (Å²) in [6.07, 6.45) is 0. The van der Waals surface area contributed by atoms with Gasteiger partial charge in [0.15, 0.2) is 11.7 Å². The van der Waals surface area contributed by atoms with E-state index in [4.69, 9.17) is 5.41 Å². The summed E-state index contributed by atoms with van der Waals surface area (Å²) in [5.41, 5.74) is 11.0. The molecule has 0 unspecified atom stereocenters. The summed E-state index contributed by atoms with van der Waals surface area (Å²) in [4.78, 5) is 8.91. The number of para-hydroxylation sites is 1. The van der Waals surface area contributed by atoms with Gasteiger partial charge < -0.3 is 4.57 Å². The number of amidine groups is 2. The summed E-state index contributed by atoms with van der Waals surface area (Å²) < 4.78 is 2.39. The number of hydrogen-bond donors (Lipinski definition) is 1. The Kier molecular flexibility index (Phi) is 10.1. The third kappa shape index (κ3) is 7.04. The predicted molar refractivity (Wildman–Crippen MR) is 265 cm³/mol. The van der Waals surface area contributed by atoms with Crippen LogP contribution in [0.1, 0.15) is 16.7 Å². The Hall–Kier alpha value is -8.21. The molecule has 0 atom stereocenters. The molecule has 0 aliphatic rings. The molecule has 0 amide bonds. The lowest BCUT2D eigenvalue weighted by Gasteiger charge is -2.16. The van der Waals surface area contributed by atoms with Crippen LogP contribution in [0.5, 0.6) is 0 Å². The molecule has 4 nitrogen and oxygen atoms in total. The largest absolute Gasteiger partial charge is 0.309 e. The van der Waals surface area contributed by atoms with Gasteiger partial charge in [0.05, 0.1) is 11.0 Å². The topological polar surface area (TPSA) is 53.5 Å². The Morgan fingerprint density at radius 2 is 0.984 bits per heavy atom. The average molecular weight is 795 g/mol. The van der Waals surface area contributed by atoms with Crippen LogP contribution in [0.15, 0.2) is 228 Å². The van der Waals surface area contributed by atoms with Crippen LogP contribution in [0.2, 0.25) is 0 Å². The molecule has 1 N–H and O–H groups in total. The Balaban J connectivity index is 0.000000598. The second kappa shape index (κ2) is 16.4. The van der Waals surface area contributed by atoms with Crippen molar-refractivity contribution in [2.24, 2.45) is 9.98 Å². The number of aliphatic imine (C=N–C) groups is 2. The van der Waals surface area contributed by atoms with E-state index in [0.29, 0.717) is 5.84 Å². The number of benzene rings is 10. The minimum atomic E-state index is 0.147. The lowest BCUT2D eigenvalue weighted by molar-refractivity contribution is 1.18. The molecule has 4 heteroatoms. The highest BCUT2D eigenvalue weighted by molar-refractivity contribution is 6.29. The van der Waals surface area contributed by atoms with Crippen molar-refractivity contribution in [1.82, 2.24) is 4.57 Å². The van der Waals surface area contributed by atoms with Crippen LogP contribution in [0.25, 0.3) is 82.1 Å². The van der Waals surface area contributed by atoms with Crippen molar-refractivity contribution in [3.05, 3.63) is 235 Å². The second-order valence-electron chi connectivity index (χ2n) is 15.5. The lowest BCUT2D eigenvalue weighted by atomic mass is 9.88. The first-order valence-corrected chi connectivity index (χ1v) is 20.8. The highest BCUT2D eigenvalue weighted by atomic mass is 15.0. The maximum Gasteiger partial charge on any atom is 0.161 e. The molecule has 10 aromatic carbocycles. The van der Waals surface area contributed by atoms with Gasteiger partial charge in [-0.2, -0.15) is 0 Å². The van der Waals surface area contributed by atoms with Gasteiger partial charge in [0, 0.05) is 27.6 Å². The number of fused-ring (bicyclic) bond motifs is 9. The van der Waals surface area contributed by atoms with E-state index in [1.54, 1.807) is 0 Å². The van der Waals surface area contributed by atoms with Crippen molar-refractivity contribution in [3.8, 4) is 27.9 Å². The summed E-state index contributed by atoms with van der Waals surface area (Å²) in [5.74, 6) is 0.567. The zero-order valence-electron chi connectivity index (χ0n) is 34.3. The third-order valence-electron chi connectivity index (χ3n) is 11.7. The third-order valence-corrected chi connectivity index (χ3v) is 11.7. The van der Waals surface area contributed by atoms with E-state index in [9.17, 15) is 0 Å². The Morgan fingerprint density at radius 3 is 1.68 bits per heavy atom. The highest BCUT2D eigenvalue weighted by Crippen LogP contribution is 2.42. The standard InChI is InChI=1S/C51H34N4.C7H8/c1-53-51(54-50(52)35-15-6-3-7-16-35)37-26-30-45-46(31-37)41-18-9-8-17-40(41)44-21-12-20-39(49(44)45)36-25-29-43-42-19-10-11-22-47(42)55(48(43)32-36)38-27-23-34(24-28-38)33-13-4-2-5-14-33;1-7-5-3-2-4-6-7/h2-32,52H,1H2;2-6H,1H3. The maximum absolute atomic E-state index is 8.67. The van der Waals surface area contributed by atoms with Crippen molar-refractivity contribution in [3.63, 3.8) is 0 Å². The molecule has 0 radical (unpaired) electrons. The quantitative estimate of drug-likeness (QED) is 0.102. The fraction of sp³-hybridized carbons (Fsp3) is 0.0172. The number of nitrogens with one attached hydrogen (secondary N) is 1. The Bertz CT molecular complexity index is 3470. The lowest BCUT2D eigenvalue weighted by Crippen LogP contribution is -2.03. The van der Waals surface area contributed by atoms with Gasteiger partial charge in [-0.3, -0.25) is 5.41 Å². The van der Waals surface area contributed by atoms with Gasteiger partial charge in [-0.15, -0.1) is 0 Å². The van der Waals surface area contributed by atoms with Crippen molar-refractivity contribution in [2.45, 2.75) is 6.92 Å². The van der Waals surface area contributed by atoms with Gasteiger partial charge in [0.25, 0.3) is 0 Å². The first-order valence-electron chi connectivity index (χ1n) is 20.8. The SMILES string of the molecule is C=NC(=NC(=N)c1ccccc1)c1ccc2c(c1)c1ccccc1c1cccc(-c3ccc4c5ccccc5n(-c5ccc(-c6ccccc6)cc5)c4c3)c12.Cc1ccccc1. The smallest absolute Gasteiger partial charge is 0.161 e. The number of hydrogen-bond acceptors (Lipinski definition) is 1. The average Bonchev–Trinajstić information content (AvgIpc) is 3.67. The van der Waals surface area contributed by atoms with Crippen molar-refractivity contribution >= 4 is 72.5 Å².